The number of nitrogens with two attached hydrogens (primary N) is 1. The molecule has 0 saturated carbocycles. The van der Waals surface area contributed by atoms with E-state index in [1.54, 1.807) is 12.1 Å². The van der Waals surface area contributed by atoms with Crippen LogP contribution in [0.3, 0.4) is 0 Å². The third kappa shape index (κ3) is 2.73. The quantitative estimate of drug-likeness (QED) is 0.627. The molecule has 0 aliphatic heterocycles. The molecule has 2 aromatic carbocycles. The van der Waals surface area contributed by atoms with Crippen LogP contribution in [0.2, 0.25) is 0 Å². The van der Waals surface area contributed by atoms with E-state index in [0.29, 0.717) is 16.8 Å². The third-order valence-electron chi connectivity index (χ3n) is 3.79. The lowest BCUT2D eigenvalue weighted by atomic mass is 9.98. The Bertz CT molecular complexity index is 958. The Kier molecular flexibility index (Phi) is 3.80. The molecular weight excluding hydrogens is 302 g/mol. The number of nitrogens with zero attached hydrogens (tertiary/aromatic N) is 2. The molecule has 5 nitrogen and oxygen atoms in total. The molecule has 118 valence electrons. The Morgan fingerprint density at radius 3 is 2.25 bits per heavy atom. The first-order valence-corrected chi connectivity index (χ1v) is 7.29. The second-order valence-electron chi connectivity index (χ2n) is 5.50. The van der Waals surface area contributed by atoms with E-state index in [9.17, 15) is 15.5 Å². The summed E-state index contributed by atoms with van der Waals surface area (Å²) in [5.41, 5.74) is 9.96. The van der Waals surface area contributed by atoms with Gasteiger partial charge < -0.3 is 15.9 Å². The highest BCUT2D eigenvalue weighted by Gasteiger charge is 2.14. The van der Waals surface area contributed by atoms with Crippen molar-refractivity contribution in [2.24, 2.45) is 0 Å². The van der Waals surface area contributed by atoms with Crippen LogP contribution in [0.1, 0.15) is 11.1 Å². The van der Waals surface area contributed by atoms with E-state index in [4.69, 9.17) is 5.73 Å². The number of aromatic nitrogens is 1. The van der Waals surface area contributed by atoms with E-state index in [2.05, 4.69) is 11.1 Å². The fourth-order valence-electron chi connectivity index (χ4n) is 2.47. The first-order valence-electron chi connectivity index (χ1n) is 7.29. The van der Waals surface area contributed by atoms with Crippen LogP contribution < -0.4 is 5.73 Å². The Hall–Kier alpha value is -3.52. The number of benzene rings is 2. The maximum atomic E-state index is 9.73. The van der Waals surface area contributed by atoms with Crippen LogP contribution in [0.5, 0.6) is 11.5 Å². The van der Waals surface area contributed by atoms with Gasteiger partial charge in [0.05, 0.1) is 5.69 Å². The van der Waals surface area contributed by atoms with E-state index in [1.807, 2.05) is 31.2 Å². The Balaban J connectivity index is 2.22. The number of hydrogen-bond donors (Lipinski definition) is 3. The van der Waals surface area contributed by atoms with E-state index in [0.717, 1.165) is 11.1 Å². The van der Waals surface area contributed by atoms with Gasteiger partial charge in [-0.1, -0.05) is 35.9 Å². The molecule has 3 rings (SSSR count). The molecule has 4 N–H and O–H groups in total. The number of nitrogen functional groups attached to an aromatic ring is 1. The molecule has 0 amide bonds. The van der Waals surface area contributed by atoms with Crippen molar-refractivity contribution in [3.63, 3.8) is 0 Å². The Morgan fingerprint density at radius 1 is 0.958 bits per heavy atom. The van der Waals surface area contributed by atoms with Crippen LogP contribution in [0, 0.1) is 18.3 Å². The zero-order valence-electron chi connectivity index (χ0n) is 13.0. The van der Waals surface area contributed by atoms with Crippen molar-refractivity contribution >= 4 is 5.82 Å². The van der Waals surface area contributed by atoms with Crippen LogP contribution in [0.15, 0.2) is 48.5 Å². The molecular formula is C19H15N3O2. The van der Waals surface area contributed by atoms with Gasteiger partial charge >= 0.3 is 0 Å². The first kappa shape index (κ1) is 15.4. The van der Waals surface area contributed by atoms with E-state index in [-0.39, 0.29) is 22.9 Å². The molecule has 0 fully saturated rings. The molecule has 3 aromatic rings. The summed E-state index contributed by atoms with van der Waals surface area (Å²) >= 11 is 0. The zero-order chi connectivity index (χ0) is 17.3. The lowest BCUT2D eigenvalue weighted by Crippen LogP contribution is -1.99. The summed E-state index contributed by atoms with van der Waals surface area (Å²) in [5.74, 6) is -0.361. The third-order valence-corrected chi connectivity index (χ3v) is 3.79. The largest absolute Gasteiger partial charge is 0.504 e. The summed E-state index contributed by atoms with van der Waals surface area (Å²) in [7, 11) is 0. The lowest BCUT2D eigenvalue weighted by molar-refractivity contribution is 0.404. The highest BCUT2D eigenvalue weighted by molar-refractivity contribution is 5.81. The monoisotopic (exact) mass is 317 g/mol. The van der Waals surface area contributed by atoms with Crippen molar-refractivity contribution in [2.45, 2.75) is 6.92 Å². The molecule has 5 heteroatoms. The normalized spacial score (nSPS) is 10.3. The van der Waals surface area contributed by atoms with Gasteiger partial charge in [0.1, 0.15) is 17.5 Å². The maximum Gasteiger partial charge on any atom is 0.158 e. The van der Waals surface area contributed by atoms with Gasteiger partial charge in [-0.15, -0.1) is 0 Å². The molecule has 1 heterocycles. The summed E-state index contributed by atoms with van der Waals surface area (Å²) in [4.78, 5) is 4.31. The van der Waals surface area contributed by atoms with Crippen LogP contribution in [-0.2, 0) is 0 Å². The highest BCUT2D eigenvalue weighted by Crippen LogP contribution is 2.35. The van der Waals surface area contributed by atoms with Gasteiger partial charge in [-0.2, -0.15) is 5.26 Å². The number of pyridine rings is 1. The molecule has 0 bridgehead atoms. The number of phenolic OH excluding ortho intramolecular Hbond substituents is 2. The smallest absolute Gasteiger partial charge is 0.158 e. The first-order chi connectivity index (χ1) is 11.5. The van der Waals surface area contributed by atoms with Crippen molar-refractivity contribution in [3.05, 3.63) is 59.7 Å². The van der Waals surface area contributed by atoms with Gasteiger partial charge in [-0.25, -0.2) is 4.98 Å². The molecule has 0 aliphatic carbocycles. The number of hydrogen-bond acceptors (Lipinski definition) is 5. The Labute approximate surface area is 139 Å². The predicted molar refractivity (Wildman–Crippen MR) is 92.3 cm³/mol. The van der Waals surface area contributed by atoms with E-state index >= 15 is 0 Å². The standard InChI is InChI=1S/C19H15N3O2/c1-11-2-4-12(5-3-11)16-9-14(15(10-20)19(21)22-16)13-6-7-17(23)18(24)8-13/h2-9,23-24H,1H3,(H2,21,22). The number of rotatable bonds is 2. The average Bonchev–Trinajstić information content (AvgIpc) is 2.57. The molecule has 0 saturated heterocycles. The molecule has 1 aromatic heterocycles. The summed E-state index contributed by atoms with van der Waals surface area (Å²) in [5, 5.41) is 28.6. The molecule has 24 heavy (non-hydrogen) atoms. The van der Waals surface area contributed by atoms with Gasteiger partial charge in [0.25, 0.3) is 0 Å². The fraction of sp³-hybridized carbons (Fsp3) is 0.0526. The SMILES string of the molecule is Cc1ccc(-c2cc(-c3ccc(O)c(O)c3)c(C#N)c(N)n2)cc1. The number of nitriles is 1. The van der Waals surface area contributed by atoms with Crippen LogP contribution in [0.25, 0.3) is 22.4 Å². The van der Waals surface area contributed by atoms with Crippen LogP contribution >= 0.6 is 0 Å². The molecule has 0 atom stereocenters. The second-order valence-corrected chi connectivity index (χ2v) is 5.50. The second kappa shape index (κ2) is 5.94. The van der Waals surface area contributed by atoms with Crippen LogP contribution in [-0.4, -0.2) is 15.2 Å². The fourth-order valence-corrected chi connectivity index (χ4v) is 2.47. The predicted octanol–water partition coefficient (Wildman–Crippen LogP) is 3.59. The van der Waals surface area contributed by atoms with Crippen LogP contribution in [0.4, 0.5) is 5.82 Å². The Morgan fingerprint density at radius 2 is 1.62 bits per heavy atom. The molecule has 0 radical (unpaired) electrons. The van der Waals surface area contributed by atoms with Gasteiger partial charge in [-0.05, 0) is 30.7 Å². The van der Waals surface area contributed by atoms with Gasteiger partial charge in [0.2, 0.25) is 0 Å². The highest BCUT2D eigenvalue weighted by atomic mass is 16.3. The van der Waals surface area contributed by atoms with E-state index in [1.165, 1.54) is 12.1 Å². The lowest BCUT2D eigenvalue weighted by Gasteiger charge is -2.11. The molecule has 0 unspecified atom stereocenters. The minimum atomic E-state index is -0.261. The summed E-state index contributed by atoms with van der Waals surface area (Å²) in [6.45, 7) is 2.00. The summed E-state index contributed by atoms with van der Waals surface area (Å²) < 4.78 is 0. The minimum Gasteiger partial charge on any atom is -0.504 e. The van der Waals surface area contributed by atoms with Crippen molar-refractivity contribution in [1.29, 1.82) is 5.26 Å². The summed E-state index contributed by atoms with van der Waals surface area (Å²) in [6.07, 6.45) is 0. The number of aromatic hydroxyl groups is 2. The average molecular weight is 317 g/mol. The zero-order valence-corrected chi connectivity index (χ0v) is 13.0. The number of aryl methyl sites for hydroxylation is 1. The van der Waals surface area contributed by atoms with Gasteiger partial charge in [0.15, 0.2) is 11.5 Å². The number of phenols is 2. The van der Waals surface area contributed by atoms with Crippen molar-refractivity contribution in [1.82, 2.24) is 4.98 Å². The topological polar surface area (TPSA) is 103 Å². The van der Waals surface area contributed by atoms with Gasteiger partial charge in [0, 0.05) is 11.1 Å². The van der Waals surface area contributed by atoms with E-state index < -0.39 is 0 Å². The molecule has 0 aliphatic rings. The minimum absolute atomic E-state index is 0.123. The van der Waals surface area contributed by atoms with Gasteiger partial charge in [-0.3, -0.25) is 0 Å². The van der Waals surface area contributed by atoms with Crippen molar-refractivity contribution in [3.8, 4) is 40.0 Å². The maximum absolute atomic E-state index is 9.73. The summed E-state index contributed by atoms with van der Waals surface area (Å²) in [6, 6.07) is 16.0. The number of anilines is 1. The van der Waals surface area contributed by atoms with Crippen molar-refractivity contribution < 1.29 is 10.2 Å². The van der Waals surface area contributed by atoms with Crippen molar-refractivity contribution in [2.75, 3.05) is 5.73 Å². The molecule has 0 spiro atoms.